The molecule has 1 aliphatic heterocycles. The minimum atomic E-state index is -3.52. The van der Waals surface area contributed by atoms with Gasteiger partial charge in [-0.1, -0.05) is 23.4 Å². The van der Waals surface area contributed by atoms with E-state index in [1.807, 2.05) is 0 Å². The Labute approximate surface area is 174 Å². The van der Waals surface area contributed by atoms with E-state index in [0.29, 0.717) is 27.5 Å². The summed E-state index contributed by atoms with van der Waals surface area (Å²) in [7, 11) is -2.04. The maximum Gasteiger partial charge on any atom is 0.341 e. The van der Waals surface area contributed by atoms with Crippen molar-refractivity contribution in [3.05, 3.63) is 58.1 Å². The first kappa shape index (κ1) is 21.2. The van der Waals surface area contributed by atoms with Gasteiger partial charge in [-0.15, -0.1) is 0 Å². The van der Waals surface area contributed by atoms with Crippen LogP contribution >= 0.6 is 11.6 Å². The number of methoxy groups -OCH3 is 1. The topological polar surface area (TPSA) is 89.9 Å². The third-order valence-electron chi connectivity index (χ3n) is 4.78. The van der Waals surface area contributed by atoms with Crippen LogP contribution in [0.2, 0.25) is 5.02 Å². The molecule has 0 saturated carbocycles. The average Bonchev–Trinajstić information content (AvgIpc) is 2.80. The zero-order valence-electron chi connectivity index (χ0n) is 16.0. The van der Waals surface area contributed by atoms with Crippen LogP contribution in [0.5, 0.6) is 5.75 Å². The van der Waals surface area contributed by atoms with Gasteiger partial charge in [0, 0.05) is 23.3 Å². The number of sulfone groups is 1. The highest BCUT2D eigenvalue weighted by atomic mass is 35.5. The van der Waals surface area contributed by atoms with Crippen molar-refractivity contribution in [3.8, 4) is 17.6 Å². The molecule has 1 unspecified atom stereocenters. The van der Waals surface area contributed by atoms with E-state index in [9.17, 15) is 13.2 Å². The van der Waals surface area contributed by atoms with Crippen molar-refractivity contribution >= 4 is 27.4 Å². The number of carboxylic acids is 1. The van der Waals surface area contributed by atoms with Crippen molar-refractivity contribution in [1.82, 2.24) is 0 Å². The van der Waals surface area contributed by atoms with Gasteiger partial charge in [-0.25, -0.2) is 13.2 Å². The van der Waals surface area contributed by atoms with E-state index in [1.165, 1.54) is 13.2 Å². The average molecular weight is 435 g/mol. The molecular weight excluding hydrogens is 416 g/mol. The summed E-state index contributed by atoms with van der Waals surface area (Å²) < 4.78 is 35.2. The van der Waals surface area contributed by atoms with Crippen LogP contribution in [0.1, 0.15) is 36.6 Å². The van der Waals surface area contributed by atoms with Gasteiger partial charge in [0.1, 0.15) is 16.6 Å². The first-order valence-corrected chi connectivity index (χ1v) is 10.5. The van der Waals surface area contributed by atoms with E-state index in [1.54, 1.807) is 44.2 Å². The third-order valence-corrected chi connectivity index (χ3v) is 7.56. The SMILES string of the molecule is COC1c2cc(C#Cc3cc(Cl)ccc3OCC(=O)O)ccc2S(=O)(=O)C1(C)C. The second-order valence-electron chi connectivity index (χ2n) is 7.05. The number of carbonyl (C=O) groups is 1. The number of benzene rings is 2. The molecule has 152 valence electrons. The Morgan fingerprint density at radius 1 is 1.21 bits per heavy atom. The minimum Gasteiger partial charge on any atom is -0.481 e. The Hall–Kier alpha value is -2.53. The number of hydrogen-bond donors (Lipinski definition) is 1. The van der Waals surface area contributed by atoms with Crippen LogP contribution in [0.25, 0.3) is 0 Å². The van der Waals surface area contributed by atoms with Gasteiger partial charge in [-0.2, -0.15) is 0 Å². The molecular formula is C21H19ClO6S. The summed E-state index contributed by atoms with van der Waals surface area (Å²) in [5.41, 5.74) is 1.58. The second kappa shape index (κ2) is 7.71. The Morgan fingerprint density at radius 3 is 2.59 bits per heavy atom. The molecule has 0 bridgehead atoms. The lowest BCUT2D eigenvalue weighted by atomic mass is 9.97. The molecule has 0 aliphatic carbocycles. The lowest BCUT2D eigenvalue weighted by Gasteiger charge is -2.24. The van der Waals surface area contributed by atoms with Crippen LogP contribution < -0.4 is 4.74 Å². The molecule has 0 aromatic heterocycles. The third kappa shape index (κ3) is 3.84. The fourth-order valence-corrected chi connectivity index (χ4v) is 5.26. The summed E-state index contributed by atoms with van der Waals surface area (Å²) in [6.07, 6.45) is -0.607. The quantitative estimate of drug-likeness (QED) is 0.741. The summed E-state index contributed by atoms with van der Waals surface area (Å²) in [5.74, 6) is 5.07. The van der Waals surface area contributed by atoms with Gasteiger partial charge in [0.15, 0.2) is 16.4 Å². The second-order valence-corrected chi connectivity index (χ2v) is 9.98. The van der Waals surface area contributed by atoms with Crippen molar-refractivity contribution in [1.29, 1.82) is 0 Å². The lowest BCUT2D eigenvalue weighted by Crippen LogP contribution is -2.33. The zero-order valence-corrected chi connectivity index (χ0v) is 17.6. The molecule has 0 fully saturated rings. The van der Waals surface area contributed by atoms with E-state index < -0.39 is 33.3 Å². The number of hydrogen-bond acceptors (Lipinski definition) is 5. The Kier molecular flexibility index (Phi) is 5.63. The maximum absolute atomic E-state index is 12.8. The highest BCUT2D eigenvalue weighted by molar-refractivity contribution is 7.93. The monoisotopic (exact) mass is 434 g/mol. The first-order valence-electron chi connectivity index (χ1n) is 8.65. The van der Waals surface area contributed by atoms with Gasteiger partial charge >= 0.3 is 5.97 Å². The molecule has 2 aromatic rings. The van der Waals surface area contributed by atoms with E-state index in [0.717, 1.165) is 0 Å². The molecule has 0 saturated heterocycles. The molecule has 8 heteroatoms. The predicted octanol–water partition coefficient (Wildman–Crippen LogP) is 3.46. The Morgan fingerprint density at radius 2 is 1.93 bits per heavy atom. The number of aliphatic carboxylic acids is 1. The van der Waals surface area contributed by atoms with Crippen LogP contribution in [-0.4, -0.2) is 38.0 Å². The molecule has 2 aromatic carbocycles. The van der Waals surface area contributed by atoms with Crippen LogP contribution in [0.3, 0.4) is 0 Å². The smallest absolute Gasteiger partial charge is 0.341 e. The number of ether oxygens (including phenoxy) is 2. The van der Waals surface area contributed by atoms with Crippen molar-refractivity contribution in [2.45, 2.75) is 29.6 Å². The Balaban J connectivity index is 2.01. The lowest BCUT2D eigenvalue weighted by molar-refractivity contribution is -0.139. The van der Waals surface area contributed by atoms with Gasteiger partial charge in [-0.3, -0.25) is 0 Å². The normalized spacial score (nSPS) is 18.4. The highest BCUT2D eigenvalue weighted by Gasteiger charge is 2.52. The molecule has 29 heavy (non-hydrogen) atoms. The zero-order chi connectivity index (χ0) is 21.4. The molecule has 0 amide bonds. The molecule has 0 radical (unpaired) electrons. The minimum absolute atomic E-state index is 0.244. The fourth-order valence-electron chi connectivity index (χ4n) is 3.29. The van der Waals surface area contributed by atoms with Gasteiger partial charge in [0.2, 0.25) is 0 Å². The standard InChI is InChI=1S/C21H19ClO6S/c1-21(2)20(27-3)16-10-13(5-9-18(16)29(21,25)26)4-6-14-11-15(22)7-8-17(14)28-12-19(23)24/h5,7-11,20H,12H2,1-3H3,(H,23,24). The van der Waals surface area contributed by atoms with Crippen LogP contribution in [0.4, 0.5) is 0 Å². The van der Waals surface area contributed by atoms with Crippen LogP contribution in [0.15, 0.2) is 41.3 Å². The fraction of sp³-hybridized carbons (Fsp3) is 0.286. The molecule has 0 spiro atoms. The van der Waals surface area contributed by atoms with Crippen molar-refractivity contribution in [2.24, 2.45) is 0 Å². The number of rotatable bonds is 4. The molecule has 3 rings (SSSR count). The van der Waals surface area contributed by atoms with Crippen molar-refractivity contribution in [3.63, 3.8) is 0 Å². The van der Waals surface area contributed by atoms with Gasteiger partial charge in [0.25, 0.3) is 0 Å². The Bertz CT molecular complexity index is 1140. The summed E-state index contributed by atoms with van der Waals surface area (Å²) in [4.78, 5) is 11.0. The van der Waals surface area contributed by atoms with E-state index in [4.69, 9.17) is 26.2 Å². The number of fused-ring (bicyclic) bond motifs is 1. The molecule has 1 atom stereocenters. The summed E-state index contributed by atoms with van der Waals surface area (Å²) >= 11 is 6.02. The maximum atomic E-state index is 12.8. The van der Waals surface area contributed by atoms with Gasteiger partial charge < -0.3 is 14.6 Å². The van der Waals surface area contributed by atoms with Crippen LogP contribution in [0, 0.1) is 11.8 Å². The van der Waals surface area contributed by atoms with Crippen molar-refractivity contribution < 1.29 is 27.8 Å². The van der Waals surface area contributed by atoms with E-state index in [2.05, 4.69) is 11.8 Å². The van der Waals surface area contributed by atoms with Crippen molar-refractivity contribution in [2.75, 3.05) is 13.7 Å². The van der Waals surface area contributed by atoms with E-state index >= 15 is 0 Å². The van der Waals surface area contributed by atoms with Gasteiger partial charge in [-0.05, 0) is 50.2 Å². The largest absolute Gasteiger partial charge is 0.481 e. The first-order chi connectivity index (χ1) is 13.6. The number of carboxylic acid groups (broad SMARTS) is 1. The molecule has 6 nitrogen and oxygen atoms in total. The van der Waals surface area contributed by atoms with Crippen LogP contribution in [-0.2, 0) is 19.4 Å². The molecule has 1 aliphatic rings. The summed E-state index contributed by atoms with van der Waals surface area (Å²) in [6.45, 7) is 2.78. The predicted molar refractivity (Wildman–Crippen MR) is 108 cm³/mol. The molecule has 1 heterocycles. The highest BCUT2D eigenvalue weighted by Crippen LogP contribution is 2.48. The number of halogens is 1. The summed E-state index contributed by atoms with van der Waals surface area (Å²) in [5, 5.41) is 9.23. The van der Waals surface area contributed by atoms with E-state index in [-0.39, 0.29) is 4.90 Å². The molecule has 1 N–H and O–H groups in total. The summed E-state index contributed by atoms with van der Waals surface area (Å²) in [6, 6.07) is 9.56. The van der Waals surface area contributed by atoms with Gasteiger partial charge in [0.05, 0.1) is 10.5 Å².